The second-order valence-electron chi connectivity index (χ2n) is 4.81. The Hall–Kier alpha value is -1.44. The van der Waals surface area contributed by atoms with E-state index in [0.717, 1.165) is 30.4 Å². The first-order valence-electron chi connectivity index (χ1n) is 6.42. The summed E-state index contributed by atoms with van der Waals surface area (Å²) in [6, 6.07) is 3.55. The molecule has 1 atom stereocenters. The van der Waals surface area contributed by atoms with E-state index in [1.54, 1.807) is 12.1 Å². The molecule has 6 nitrogen and oxygen atoms in total. The summed E-state index contributed by atoms with van der Waals surface area (Å²) in [6.07, 6.45) is 2.64. The number of rotatable bonds is 6. The second kappa shape index (κ2) is 5.90. The SMILES string of the molecule is O=C(O)[C@@H](CCO)NS(=O)(=O)c1ccc2c(c1)CCC2. The molecule has 0 unspecified atom stereocenters. The lowest BCUT2D eigenvalue weighted by molar-refractivity contribution is -0.139. The molecule has 0 radical (unpaired) electrons. The summed E-state index contributed by atoms with van der Waals surface area (Å²) in [7, 11) is -3.89. The average Bonchev–Trinajstić information content (AvgIpc) is 2.85. The van der Waals surface area contributed by atoms with Gasteiger partial charge in [0, 0.05) is 6.61 Å². The molecule has 0 fully saturated rings. The van der Waals surface area contributed by atoms with Crippen molar-refractivity contribution in [2.24, 2.45) is 0 Å². The summed E-state index contributed by atoms with van der Waals surface area (Å²) in [5, 5.41) is 17.7. The molecule has 0 amide bonds. The number of hydrogen-bond donors (Lipinski definition) is 3. The predicted molar refractivity (Wildman–Crippen MR) is 71.9 cm³/mol. The van der Waals surface area contributed by atoms with Gasteiger partial charge in [-0.2, -0.15) is 4.72 Å². The number of sulfonamides is 1. The molecule has 7 heteroatoms. The van der Waals surface area contributed by atoms with E-state index in [1.165, 1.54) is 6.07 Å². The molecular weight excluding hydrogens is 282 g/mol. The monoisotopic (exact) mass is 299 g/mol. The first-order valence-corrected chi connectivity index (χ1v) is 7.90. The first-order chi connectivity index (χ1) is 9.44. The van der Waals surface area contributed by atoms with Crippen molar-refractivity contribution in [3.63, 3.8) is 0 Å². The van der Waals surface area contributed by atoms with E-state index in [0.29, 0.717) is 0 Å². The number of fused-ring (bicyclic) bond motifs is 1. The van der Waals surface area contributed by atoms with Crippen LogP contribution in [0.15, 0.2) is 23.1 Å². The number of aliphatic hydroxyl groups is 1. The maximum Gasteiger partial charge on any atom is 0.321 e. The second-order valence-corrected chi connectivity index (χ2v) is 6.52. The summed E-state index contributed by atoms with van der Waals surface area (Å²) < 4.78 is 26.4. The minimum atomic E-state index is -3.89. The number of carboxylic acid groups (broad SMARTS) is 1. The molecule has 0 aromatic heterocycles. The standard InChI is InChI=1S/C13H17NO5S/c15-7-6-12(13(16)17)14-20(18,19)11-5-4-9-2-1-3-10(9)8-11/h4-5,8,12,14-15H,1-3,6-7H2,(H,16,17)/t12-/m1/s1. The van der Waals surface area contributed by atoms with Gasteiger partial charge in [0.2, 0.25) is 10.0 Å². The molecule has 0 spiro atoms. The van der Waals surface area contributed by atoms with Gasteiger partial charge in [0.25, 0.3) is 0 Å². The van der Waals surface area contributed by atoms with Crippen LogP contribution in [0.3, 0.4) is 0 Å². The van der Waals surface area contributed by atoms with Gasteiger partial charge in [0.1, 0.15) is 6.04 Å². The lowest BCUT2D eigenvalue weighted by Crippen LogP contribution is -2.41. The Labute approximate surface area is 117 Å². The van der Waals surface area contributed by atoms with Crippen LogP contribution in [0.1, 0.15) is 24.0 Å². The Morgan fingerprint density at radius 1 is 1.30 bits per heavy atom. The molecule has 110 valence electrons. The van der Waals surface area contributed by atoms with Crippen LogP contribution < -0.4 is 4.72 Å². The highest BCUT2D eigenvalue weighted by atomic mass is 32.2. The number of carboxylic acids is 1. The zero-order valence-electron chi connectivity index (χ0n) is 10.9. The number of benzene rings is 1. The molecule has 0 aliphatic heterocycles. The Bertz CT molecular complexity index is 611. The summed E-state index contributed by atoms with van der Waals surface area (Å²) in [5.74, 6) is -1.30. The third-order valence-electron chi connectivity index (χ3n) is 3.39. The van der Waals surface area contributed by atoms with Gasteiger partial charge in [0.15, 0.2) is 0 Å². The topological polar surface area (TPSA) is 104 Å². The minimum Gasteiger partial charge on any atom is -0.480 e. The molecule has 1 aliphatic rings. The van der Waals surface area contributed by atoms with Crippen LogP contribution in [0.2, 0.25) is 0 Å². The fraction of sp³-hybridized carbons (Fsp3) is 0.462. The number of nitrogens with one attached hydrogen (secondary N) is 1. The number of aliphatic hydroxyl groups excluding tert-OH is 1. The molecule has 1 aromatic carbocycles. The van der Waals surface area contributed by atoms with E-state index < -0.39 is 28.6 Å². The van der Waals surface area contributed by atoms with Crippen molar-refractivity contribution in [1.82, 2.24) is 4.72 Å². The molecule has 1 aliphatic carbocycles. The van der Waals surface area contributed by atoms with Crippen LogP contribution in [0, 0.1) is 0 Å². The number of hydrogen-bond acceptors (Lipinski definition) is 4. The van der Waals surface area contributed by atoms with Crippen molar-refractivity contribution >= 4 is 16.0 Å². The van der Waals surface area contributed by atoms with Crippen molar-refractivity contribution in [3.05, 3.63) is 29.3 Å². The molecule has 0 saturated carbocycles. The van der Waals surface area contributed by atoms with Gasteiger partial charge < -0.3 is 10.2 Å². The van der Waals surface area contributed by atoms with Crippen LogP contribution in [-0.4, -0.2) is 37.2 Å². The smallest absolute Gasteiger partial charge is 0.321 e. The minimum absolute atomic E-state index is 0.0716. The quantitative estimate of drug-likeness (QED) is 0.700. The molecule has 0 heterocycles. The van der Waals surface area contributed by atoms with Crippen molar-refractivity contribution in [2.75, 3.05) is 6.61 Å². The average molecular weight is 299 g/mol. The largest absolute Gasteiger partial charge is 0.480 e. The van der Waals surface area contributed by atoms with Gasteiger partial charge >= 0.3 is 5.97 Å². The highest BCUT2D eigenvalue weighted by molar-refractivity contribution is 7.89. The lowest BCUT2D eigenvalue weighted by atomic mass is 10.1. The van der Waals surface area contributed by atoms with Crippen LogP contribution in [0.5, 0.6) is 0 Å². The highest BCUT2D eigenvalue weighted by Gasteiger charge is 2.25. The summed E-state index contributed by atoms with van der Waals surface area (Å²) in [5.41, 5.74) is 2.15. The van der Waals surface area contributed by atoms with Gasteiger partial charge in [-0.25, -0.2) is 8.42 Å². The Morgan fingerprint density at radius 3 is 2.65 bits per heavy atom. The van der Waals surface area contributed by atoms with Crippen molar-refractivity contribution < 1.29 is 23.4 Å². The van der Waals surface area contributed by atoms with Crippen molar-refractivity contribution in [3.8, 4) is 0 Å². The normalized spacial score (nSPS) is 15.8. The summed E-state index contributed by atoms with van der Waals surface area (Å²) >= 11 is 0. The van der Waals surface area contributed by atoms with Gasteiger partial charge in [-0.05, 0) is 48.9 Å². The Kier molecular flexibility index (Phi) is 4.42. The van der Waals surface area contributed by atoms with E-state index in [2.05, 4.69) is 4.72 Å². The molecule has 3 N–H and O–H groups in total. The number of aliphatic carboxylic acids is 1. The first kappa shape index (κ1) is 15.0. The fourth-order valence-electron chi connectivity index (χ4n) is 2.33. The van der Waals surface area contributed by atoms with E-state index in [9.17, 15) is 13.2 Å². The van der Waals surface area contributed by atoms with Gasteiger partial charge in [-0.15, -0.1) is 0 Å². The lowest BCUT2D eigenvalue weighted by Gasteiger charge is -2.14. The van der Waals surface area contributed by atoms with Crippen molar-refractivity contribution in [2.45, 2.75) is 36.6 Å². The van der Waals surface area contributed by atoms with Crippen LogP contribution in [-0.2, 0) is 27.7 Å². The predicted octanol–water partition coefficient (Wildman–Crippen LogP) is 0.289. The molecule has 0 bridgehead atoms. The fourth-order valence-corrected chi connectivity index (χ4v) is 3.61. The third-order valence-corrected chi connectivity index (χ3v) is 4.86. The molecular formula is C13H17NO5S. The highest BCUT2D eigenvalue weighted by Crippen LogP contribution is 2.24. The maximum atomic E-state index is 12.2. The summed E-state index contributed by atoms with van der Waals surface area (Å²) in [6.45, 7) is -0.399. The Morgan fingerprint density at radius 2 is 2.00 bits per heavy atom. The number of aryl methyl sites for hydroxylation is 2. The van der Waals surface area contributed by atoms with Gasteiger partial charge in [0.05, 0.1) is 4.90 Å². The van der Waals surface area contributed by atoms with Crippen LogP contribution >= 0.6 is 0 Å². The molecule has 20 heavy (non-hydrogen) atoms. The van der Waals surface area contributed by atoms with Crippen molar-refractivity contribution in [1.29, 1.82) is 0 Å². The summed E-state index contributed by atoms with van der Waals surface area (Å²) in [4.78, 5) is 11.0. The number of carbonyl (C=O) groups is 1. The van der Waals surface area contributed by atoms with Gasteiger partial charge in [-0.3, -0.25) is 4.79 Å². The van der Waals surface area contributed by atoms with Gasteiger partial charge in [-0.1, -0.05) is 6.07 Å². The molecule has 1 aromatic rings. The van der Waals surface area contributed by atoms with E-state index in [-0.39, 0.29) is 11.3 Å². The third kappa shape index (κ3) is 3.17. The molecule has 0 saturated heterocycles. The van der Waals surface area contributed by atoms with Crippen LogP contribution in [0.25, 0.3) is 0 Å². The van der Waals surface area contributed by atoms with E-state index in [4.69, 9.17) is 10.2 Å². The van der Waals surface area contributed by atoms with E-state index >= 15 is 0 Å². The zero-order chi connectivity index (χ0) is 14.8. The Balaban J connectivity index is 2.23. The maximum absolute atomic E-state index is 12.2. The molecule has 2 rings (SSSR count). The van der Waals surface area contributed by atoms with Crippen LogP contribution in [0.4, 0.5) is 0 Å². The zero-order valence-corrected chi connectivity index (χ0v) is 11.7. The van der Waals surface area contributed by atoms with E-state index in [1.807, 2.05) is 0 Å².